The number of carbonyl (C=O) groups excluding carboxylic acids is 1. The summed E-state index contributed by atoms with van der Waals surface area (Å²) in [5.74, 6) is 1.31. The van der Waals surface area contributed by atoms with Crippen LogP contribution < -0.4 is 15.4 Å². The van der Waals surface area contributed by atoms with Crippen molar-refractivity contribution in [3.8, 4) is 5.75 Å². The second-order valence-electron chi connectivity index (χ2n) is 5.12. The molecule has 1 aliphatic heterocycles. The van der Waals surface area contributed by atoms with Crippen molar-refractivity contribution in [2.45, 2.75) is 38.3 Å². The van der Waals surface area contributed by atoms with E-state index in [9.17, 15) is 4.79 Å². The van der Waals surface area contributed by atoms with Crippen LogP contribution in [0.2, 0.25) is 0 Å². The van der Waals surface area contributed by atoms with Gasteiger partial charge in [-0.05, 0) is 20.0 Å². The normalized spacial score (nSPS) is 21.4. The van der Waals surface area contributed by atoms with Crippen LogP contribution in [0.25, 0.3) is 0 Å². The van der Waals surface area contributed by atoms with Gasteiger partial charge in [0, 0.05) is 24.4 Å². The number of benzene rings is 1. The highest BCUT2D eigenvalue weighted by Crippen LogP contribution is 2.38. The number of para-hydroxylation sites is 1. The van der Waals surface area contributed by atoms with E-state index in [0.29, 0.717) is 18.9 Å². The van der Waals surface area contributed by atoms with Crippen molar-refractivity contribution in [1.29, 1.82) is 0 Å². The van der Waals surface area contributed by atoms with Gasteiger partial charge in [-0.1, -0.05) is 25.1 Å². The maximum atomic E-state index is 11.7. The SMILES string of the molecule is CNCCC(=O)NC(C)C1Oc2ccccc2C1C.Cl. The number of rotatable bonds is 5. The second kappa shape index (κ2) is 7.50. The van der Waals surface area contributed by atoms with E-state index in [0.717, 1.165) is 5.75 Å². The summed E-state index contributed by atoms with van der Waals surface area (Å²) in [6.07, 6.45) is 0.505. The minimum absolute atomic E-state index is 0. The van der Waals surface area contributed by atoms with E-state index in [1.807, 2.05) is 32.2 Å². The molecule has 1 aromatic carbocycles. The monoisotopic (exact) mass is 298 g/mol. The summed E-state index contributed by atoms with van der Waals surface area (Å²) in [7, 11) is 1.84. The average molecular weight is 299 g/mol. The summed E-state index contributed by atoms with van der Waals surface area (Å²) in [5.41, 5.74) is 1.23. The lowest BCUT2D eigenvalue weighted by Crippen LogP contribution is -2.44. The molecule has 0 radical (unpaired) electrons. The van der Waals surface area contributed by atoms with E-state index in [4.69, 9.17) is 4.74 Å². The van der Waals surface area contributed by atoms with Crippen LogP contribution in [-0.2, 0) is 4.79 Å². The molecule has 1 aliphatic rings. The maximum Gasteiger partial charge on any atom is 0.221 e. The van der Waals surface area contributed by atoms with Crippen molar-refractivity contribution in [1.82, 2.24) is 10.6 Å². The highest BCUT2D eigenvalue weighted by molar-refractivity contribution is 5.85. The Labute approximate surface area is 126 Å². The van der Waals surface area contributed by atoms with Gasteiger partial charge < -0.3 is 15.4 Å². The number of hydrogen-bond donors (Lipinski definition) is 2. The predicted molar refractivity (Wildman–Crippen MR) is 82.7 cm³/mol. The molecule has 0 fully saturated rings. The minimum Gasteiger partial charge on any atom is -0.487 e. The summed E-state index contributed by atoms with van der Waals surface area (Å²) < 4.78 is 5.96. The van der Waals surface area contributed by atoms with Gasteiger partial charge in [-0.15, -0.1) is 12.4 Å². The first kappa shape index (κ1) is 16.8. The predicted octanol–water partition coefficient (Wildman–Crippen LogP) is 2.09. The van der Waals surface area contributed by atoms with Crippen LogP contribution >= 0.6 is 12.4 Å². The molecular formula is C15H23ClN2O2. The van der Waals surface area contributed by atoms with Gasteiger partial charge >= 0.3 is 0 Å². The highest BCUT2D eigenvalue weighted by Gasteiger charge is 2.35. The lowest BCUT2D eigenvalue weighted by Gasteiger charge is -2.24. The first-order chi connectivity index (χ1) is 9.13. The third-order valence-electron chi connectivity index (χ3n) is 3.65. The van der Waals surface area contributed by atoms with E-state index in [2.05, 4.69) is 23.6 Å². The number of amides is 1. The molecule has 3 atom stereocenters. The van der Waals surface area contributed by atoms with Crippen molar-refractivity contribution in [3.05, 3.63) is 29.8 Å². The third kappa shape index (κ3) is 3.64. The Morgan fingerprint density at radius 1 is 1.40 bits per heavy atom. The highest BCUT2D eigenvalue weighted by atomic mass is 35.5. The van der Waals surface area contributed by atoms with Gasteiger partial charge in [-0.25, -0.2) is 0 Å². The molecular weight excluding hydrogens is 276 g/mol. The van der Waals surface area contributed by atoms with Crippen molar-refractivity contribution in [3.63, 3.8) is 0 Å². The Morgan fingerprint density at radius 3 is 2.75 bits per heavy atom. The first-order valence-electron chi connectivity index (χ1n) is 6.83. The fourth-order valence-electron chi connectivity index (χ4n) is 2.57. The third-order valence-corrected chi connectivity index (χ3v) is 3.65. The van der Waals surface area contributed by atoms with E-state index >= 15 is 0 Å². The van der Waals surface area contributed by atoms with Crippen molar-refractivity contribution < 1.29 is 9.53 Å². The molecule has 1 heterocycles. The molecule has 5 heteroatoms. The molecule has 0 aliphatic carbocycles. The molecule has 1 aromatic rings. The second-order valence-corrected chi connectivity index (χ2v) is 5.12. The smallest absolute Gasteiger partial charge is 0.221 e. The zero-order valence-electron chi connectivity index (χ0n) is 12.2. The summed E-state index contributed by atoms with van der Waals surface area (Å²) >= 11 is 0. The number of halogens is 1. The molecule has 20 heavy (non-hydrogen) atoms. The van der Waals surface area contributed by atoms with Gasteiger partial charge in [-0.3, -0.25) is 4.79 Å². The van der Waals surface area contributed by atoms with Crippen LogP contribution in [-0.4, -0.2) is 31.6 Å². The lowest BCUT2D eigenvalue weighted by atomic mass is 9.94. The number of nitrogens with one attached hydrogen (secondary N) is 2. The summed E-state index contributed by atoms with van der Waals surface area (Å²) in [4.78, 5) is 11.7. The fraction of sp³-hybridized carbons (Fsp3) is 0.533. The van der Waals surface area contributed by atoms with Crippen LogP contribution in [0.1, 0.15) is 31.7 Å². The number of hydrogen-bond acceptors (Lipinski definition) is 3. The van der Waals surface area contributed by atoms with Gasteiger partial charge in [-0.2, -0.15) is 0 Å². The van der Waals surface area contributed by atoms with Gasteiger partial charge in [0.05, 0.1) is 6.04 Å². The topological polar surface area (TPSA) is 50.4 Å². The molecule has 0 saturated heterocycles. The van der Waals surface area contributed by atoms with E-state index in [-0.39, 0.29) is 30.5 Å². The van der Waals surface area contributed by atoms with Crippen molar-refractivity contribution >= 4 is 18.3 Å². The van der Waals surface area contributed by atoms with Gasteiger partial charge in [0.25, 0.3) is 0 Å². The molecule has 2 rings (SSSR count). The molecule has 0 saturated carbocycles. The van der Waals surface area contributed by atoms with E-state index in [1.54, 1.807) is 0 Å². The van der Waals surface area contributed by atoms with Crippen LogP contribution in [0.4, 0.5) is 0 Å². The zero-order chi connectivity index (χ0) is 13.8. The molecule has 2 N–H and O–H groups in total. The molecule has 3 unspecified atom stereocenters. The minimum atomic E-state index is 0. The Balaban J connectivity index is 0.00000200. The Morgan fingerprint density at radius 2 is 2.10 bits per heavy atom. The zero-order valence-corrected chi connectivity index (χ0v) is 13.0. The van der Waals surface area contributed by atoms with Crippen LogP contribution in [0.5, 0.6) is 5.75 Å². The standard InChI is InChI=1S/C15H22N2O2.ClH/c1-10-12-6-4-5-7-13(12)19-15(10)11(2)17-14(18)8-9-16-3;/h4-7,10-11,15-16H,8-9H2,1-3H3,(H,17,18);1H. The number of fused-ring (bicyclic) bond motifs is 1. The molecule has 4 nitrogen and oxygen atoms in total. The lowest BCUT2D eigenvalue weighted by molar-refractivity contribution is -0.122. The average Bonchev–Trinajstić information content (AvgIpc) is 2.74. The van der Waals surface area contributed by atoms with E-state index < -0.39 is 0 Å². The van der Waals surface area contributed by atoms with Crippen LogP contribution in [0.3, 0.4) is 0 Å². The fourth-order valence-corrected chi connectivity index (χ4v) is 2.57. The Bertz CT molecular complexity index is 453. The van der Waals surface area contributed by atoms with Crippen molar-refractivity contribution in [2.24, 2.45) is 0 Å². The Hall–Kier alpha value is -1.26. The molecule has 0 aromatic heterocycles. The number of ether oxygens (including phenoxy) is 1. The summed E-state index contributed by atoms with van der Waals surface area (Å²) in [6.45, 7) is 4.84. The summed E-state index contributed by atoms with van der Waals surface area (Å²) in [5, 5.41) is 5.99. The molecule has 1 amide bonds. The van der Waals surface area contributed by atoms with Crippen LogP contribution in [0, 0.1) is 0 Å². The first-order valence-corrected chi connectivity index (χ1v) is 6.83. The van der Waals surface area contributed by atoms with Gasteiger partial charge in [0.15, 0.2) is 0 Å². The number of carbonyl (C=O) groups is 1. The van der Waals surface area contributed by atoms with Gasteiger partial charge in [0.1, 0.15) is 11.9 Å². The van der Waals surface area contributed by atoms with Crippen molar-refractivity contribution in [2.75, 3.05) is 13.6 Å². The quantitative estimate of drug-likeness (QED) is 0.875. The maximum absolute atomic E-state index is 11.7. The molecule has 0 bridgehead atoms. The van der Waals surface area contributed by atoms with E-state index in [1.165, 1.54) is 5.56 Å². The summed E-state index contributed by atoms with van der Waals surface area (Å²) in [6, 6.07) is 8.09. The largest absolute Gasteiger partial charge is 0.487 e. The molecule has 0 spiro atoms. The van der Waals surface area contributed by atoms with Crippen LogP contribution in [0.15, 0.2) is 24.3 Å². The molecule has 112 valence electrons. The Kier molecular flexibility index (Phi) is 6.30. The van der Waals surface area contributed by atoms with Gasteiger partial charge in [0.2, 0.25) is 5.91 Å².